The fourth-order valence-corrected chi connectivity index (χ4v) is 3.31. The van der Waals surface area contributed by atoms with Gasteiger partial charge in [0.05, 0.1) is 10.6 Å². The number of carbonyl (C=O) groups excluding carboxylic acids is 1. The van der Waals surface area contributed by atoms with Gasteiger partial charge in [0.2, 0.25) is 0 Å². The van der Waals surface area contributed by atoms with Crippen LogP contribution in [-0.4, -0.2) is 15.3 Å². The highest BCUT2D eigenvalue weighted by atomic mass is 32.2. The molecule has 0 radical (unpaired) electrons. The van der Waals surface area contributed by atoms with Crippen molar-refractivity contribution < 1.29 is 9.90 Å². The van der Waals surface area contributed by atoms with Crippen molar-refractivity contribution in [2.45, 2.75) is 0 Å². The van der Waals surface area contributed by atoms with Crippen LogP contribution in [0.15, 0.2) is 59.5 Å². The van der Waals surface area contributed by atoms with Crippen LogP contribution in [0.1, 0.15) is 5.56 Å². The Labute approximate surface area is 131 Å². The highest BCUT2D eigenvalue weighted by molar-refractivity contribution is 8.27. The van der Waals surface area contributed by atoms with E-state index in [1.807, 2.05) is 36.4 Å². The third-order valence-corrected chi connectivity index (χ3v) is 4.33. The number of anilines is 1. The molecule has 0 bridgehead atoms. The molecule has 1 amide bonds. The van der Waals surface area contributed by atoms with Gasteiger partial charge in [0.25, 0.3) is 5.91 Å². The van der Waals surface area contributed by atoms with E-state index in [1.165, 1.54) is 16.7 Å². The summed E-state index contributed by atoms with van der Waals surface area (Å²) in [5, 5.41) is 9.79. The summed E-state index contributed by atoms with van der Waals surface area (Å²) in [6.45, 7) is 0. The van der Waals surface area contributed by atoms with E-state index in [4.69, 9.17) is 12.2 Å². The first kappa shape index (κ1) is 13.9. The number of amides is 1. The molecule has 0 aromatic heterocycles. The van der Waals surface area contributed by atoms with Crippen LogP contribution in [0.3, 0.4) is 0 Å². The monoisotopic (exact) mass is 313 g/mol. The Morgan fingerprint density at radius 3 is 2.43 bits per heavy atom. The molecule has 0 unspecified atom stereocenters. The lowest BCUT2D eigenvalue weighted by Crippen LogP contribution is -2.27. The van der Waals surface area contributed by atoms with Crippen molar-refractivity contribution in [1.29, 1.82) is 0 Å². The van der Waals surface area contributed by atoms with Crippen LogP contribution in [0.4, 0.5) is 5.69 Å². The average molecular weight is 313 g/mol. The van der Waals surface area contributed by atoms with Gasteiger partial charge in [-0.2, -0.15) is 0 Å². The van der Waals surface area contributed by atoms with Crippen LogP contribution in [0.25, 0.3) is 6.08 Å². The number of para-hydroxylation sites is 2. The van der Waals surface area contributed by atoms with Crippen molar-refractivity contribution >= 4 is 46.0 Å². The fourth-order valence-electron chi connectivity index (χ4n) is 2.02. The summed E-state index contributed by atoms with van der Waals surface area (Å²) in [7, 11) is 0. The SMILES string of the molecule is O=C1C(=Cc2ccccc2O)SC(=S)N1c1ccccc1. The van der Waals surface area contributed by atoms with Gasteiger partial charge in [-0.15, -0.1) is 0 Å². The Morgan fingerprint density at radius 1 is 1.05 bits per heavy atom. The van der Waals surface area contributed by atoms with Crippen LogP contribution >= 0.6 is 24.0 Å². The molecule has 0 saturated carbocycles. The predicted molar refractivity (Wildman–Crippen MR) is 90.2 cm³/mol. The first-order valence-corrected chi connectivity index (χ1v) is 7.50. The van der Waals surface area contributed by atoms with Gasteiger partial charge in [-0.1, -0.05) is 60.4 Å². The van der Waals surface area contributed by atoms with Crippen molar-refractivity contribution in [1.82, 2.24) is 0 Å². The van der Waals surface area contributed by atoms with Crippen LogP contribution < -0.4 is 4.90 Å². The Morgan fingerprint density at radius 2 is 1.71 bits per heavy atom. The van der Waals surface area contributed by atoms with Crippen molar-refractivity contribution in [2.75, 3.05) is 4.90 Å². The minimum atomic E-state index is -0.167. The standard InChI is InChI=1S/C16H11NO2S2/c18-13-9-5-4-6-11(13)10-14-15(19)17(16(20)21-14)12-7-2-1-3-8-12/h1-10,18H. The molecular weight excluding hydrogens is 302 g/mol. The lowest BCUT2D eigenvalue weighted by molar-refractivity contribution is -0.113. The molecule has 1 aliphatic heterocycles. The molecule has 1 aliphatic rings. The first-order chi connectivity index (χ1) is 10.2. The third-order valence-electron chi connectivity index (χ3n) is 3.03. The summed E-state index contributed by atoms with van der Waals surface area (Å²) in [4.78, 5) is 14.5. The molecule has 21 heavy (non-hydrogen) atoms. The smallest absolute Gasteiger partial charge is 0.270 e. The minimum Gasteiger partial charge on any atom is -0.507 e. The summed E-state index contributed by atoms with van der Waals surface area (Å²) in [6.07, 6.45) is 1.66. The van der Waals surface area contributed by atoms with Gasteiger partial charge >= 0.3 is 0 Å². The van der Waals surface area contributed by atoms with E-state index in [0.717, 1.165) is 5.69 Å². The maximum absolute atomic E-state index is 12.5. The molecule has 0 atom stereocenters. The second kappa shape index (κ2) is 5.71. The Hall–Kier alpha value is -2.11. The Kier molecular flexibility index (Phi) is 3.77. The number of nitrogens with zero attached hydrogens (tertiary/aromatic N) is 1. The van der Waals surface area contributed by atoms with Crippen LogP contribution in [0.5, 0.6) is 5.75 Å². The number of thiocarbonyl (C=S) groups is 1. The van der Waals surface area contributed by atoms with E-state index in [9.17, 15) is 9.90 Å². The molecule has 1 saturated heterocycles. The summed E-state index contributed by atoms with van der Waals surface area (Å²) in [6, 6.07) is 16.2. The number of phenols is 1. The van der Waals surface area contributed by atoms with Gasteiger partial charge in [-0.25, -0.2) is 0 Å². The molecule has 5 heteroatoms. The maximum atomic E-state index is 12.5. The van der Waals surface area contributed by atoms with Crippen molar-refractivity contribution in [3.8, 4) is 5.75 Å². The maximum Gasteiger partial charge on any atom is 0.270 e. The zero-order chi connectivity index (χ0) is 14.8. The molecular formula is C16H11NO2S2. The number of hydrogen-bond acceptors (Lipinski definition) is 4. The normalized spacial score (nSPS) is 16.8. The summed E-state index contributed by atoms with van der Waals surface area (Å²) >= 11 is 6.53. The summed E-state index contributed by atoms with van der Waals surface area (Å²) in [5.74, 6) is -0.0260. The number of hydrogen-bond donors (Lipinski definition) is 1. The van der Waals surface area contributed by atoms with Crippen LogP contribution in [0.2, 0.25) is 0 Å². The number of phenolic OH excluding ortho intramolecular Hbond substituents is 1. The zero-order valence-electron chi connectivity index (χ0n) is 10.9. The Balaban J connectivity index is 1.96. The number of carbonyl (C=O) groups is 1. The van der Waals surface area contributed by atoms with Gasteiger partial charge < -0.3 is 5.11 Å². The van der Waals surface area contributed by atoms with E-state index < -0.39 is 0 Å². The van der Waals surface area contributed by atoms with E-state index in [1.54, 1.807) is 24.3 Å². The number of rotatable bonds is 2. The number of aromatic hydroxyl groups is 1. The predicted octanol–water partition coefficient (Wildman–Crippen LogP) is 3.80. The summed E-state index contributed by atoms with van der Waals surface area (Å²) < 4.78 is 0.493. The number of benzene rings is 2. The van der Waals surface area contributed by atoms with Crippen molar-refractivity contribution in [3.63, 3.8) is 0 Å². The largest absolute Gasteiger partial charge is 0.507 e. The van der Waals surface area contributed by atoms with E-state index in [2.05, 4.69) is 0 Å². The highest BCUT2D eigenvalue weighted by Gasteiger charge is 2.33. The quantitative estimate of drug-likeness (QED) is 0.676. The van der Waals surface area contributed by atoms with E-state index in [-0.39, 0.29) is 11.7 Å². The topological polar surface area (TPSA) is 40.5 Å². The third kappa shape index (κ3) is 2.70. The molecule has 0 aliphatic carbocycles. The van der Waals surface area contributed by atoms with Gasteiger partial charge in [-0.3, -0.25) is 9.69 Å². The molecule has 1 heterocycles. The van der Waals surface area contributed by atoms with Gasteiger partial charge in [0.1, 0.15) is 5.75 Å². The van der Waals surface area contributed by atoms with Crippen molar-refractivity contribution in [2.24, 2.45) is 0 Å². The molecule has 3 nitrogen and oxygen atoms in total. The van der Waals surface area contributed by atoms with Crippen molar-refractivity contribution in [3.05, 3.63) is 65.1 Å². The molecule has 2 aromatic rings. The van der Waals surface area contributed by atoms with E-state index in [0.29, 0.717) is 14.8 Å². The van der Waals surface area contributed by atoms with Crippen LogP contribution in [0, 0.1) is 0 Å². The molecule has 2 aromatic carbocycles. The first-order valence-electron chi connectivity index (χ1n) is 6.28. The van der Waals surface area contributed by atoms with Gasteiger partial charge in [0.15, 0.2) is 4.32 Å². The zero-order valence-corrected chi connectivity index (χ0v) is 12.5. The summed E-state index contributed by atoms with van der Waals surface area (Å²) in [5.41, 5.74) is 1.35. The minimum absolute atomic E-state index is 0.141. The molecule has 104 valence electrons. The second-order valence-corrected chi connectivity index (χ2v) is 6.09. The molecule has 1 N–H and O–H groups in total. The highest BCUT2D eigenvalue weighted by Crippen LogP contribution is 2.36. The second-order valence-electron chi connectivity index (χ2n) is 4.41. The van der Waals surface area contributed by atoms with Gasteiger partial charge in [0, 0.05) is 5.56 Å². The van der Waals surface area contributed by atoms with Gasteiger partial charge in [-0.05, 0) is 24.3 Å². The average Bonchev–Trinajstić information content (AvgIpc) is 2.77. The lowest BCUT2D eigenvalue weighted by Gasteiger charge is -2.13. The molecule has 0 spiro atoms. The fraction of sp³-hybridized carbons (Fsp3) is 0. The lowest BCUT2D eigenvalue weighted by atomic mass is 10.2. The molecule has 3 rings (SSSR count). The molecule has 1 fully saturated rings. The van der Waals surface area contributed by atoms with Crippen LogP contribution in [-0.2, 0) is 4.79 Å². The number of thioether (sulfide) groups is 1. The Bertz CT molecular complexity index is 741. The van der Waals surface area contributed by atoms with E-state index >= 15 is 0 Å².